The van der Waals surface area contributed by atoms with Crippen LogP contribution in [-0.4, -0.2) is 30.7 Å². The van der Waals surface area contributed by atoms with Crippen molar-refractivity contribution in [3.8, 4) is 0 Å². The summed E-state index contributed by atoms with van der Waals surface area (Å²) < 4.78 is 5.54. The molecule has 0 N–H and O–H groups in total. The van der Waals surface area contributed by atoms with Gasteiger partial charge in [0.25, 0.3) is 0 Å². The molecule has 0 bridgehead atoms. The third-order valence-electron chi connectivity index (χ3n) is 6.35. The van der Waals surface area contributed by atoms with Crippen LogP contribution in [0.4, 0.5) is 0 Å². The second-order valence-electron chi connectivity index (χ2n) is 8.10. The first kappa shape index (κ1) is 16.1. The highest BCUT2D eigenvalue weighted by Crippen LogP contribution is 2.26. The van der Waals surface area contributed by atoms with Gasteiger partial charge in [0.2, 0.25) is 0 Å². The molecule has 2 aliphatic rings. The van der Waals surface area contributed by atoms with E-state index in [0.717, 1.165) is 32.6 Å². The Morgan fingerprint density at radius 3 is 1.93 bits per heavy atom. The molecule has 1 saturated heterocycles. The Kier molecular flexibility index (Phi) is 3.66. The Hall–Kier alpha value is -2.84. The van der Waals surface area contributed by atoms with Crippen molar-refractivity contribution in [2.45, 2.75) is 18.9 Å². The lowest BCUT2D eigenvalue weighted by molar-refractivity contribution is 0.0570. The lowest BCUT2D eigenvalue weighted by Gasteiger charge is -2.34. The molecule has 0 radical (unpaired) electrons. The number of hydrogen-bond acceptors (Lipinski definition) is 2. The zero-order chi connectivity index (χ0) is 18.5. The zero-order valence-electron chi connectivity index (χ0n) is 15.9. The Bertz CT molecular complexity index is 1330. The van der Waals surface area contributed by atoms with Crippen molar-refractivity contribution in [2.24, 2.45) is 0 Å². The SMILES string of the molecule is C1=c2cc3cc4cc5ccccc5cc4cc3cc2=CN(C2CCOCC2)C1. The molecule has 4 aromatic rings. The summed E-state index contributed by atoms with van der Waals surface area (Å²) in [5, 5.41) is 10.6. The topological polar surface area (TPSA) is 12.5 Å². The fraction of sp³-hybridized carbons (Fsp3) is 0.231. The van der Waals surface area contributed by atoms with Crippen LogP contribution in [0.25, 0.3) is 44.6 Å². The highest BCUT2D eigenvalue weighted by molar-refractivity contribution is 6.04. The molecule has 4 aromatic carbocycles. The van der Waals surface area contributed by atoms with Crippen molar-refractivity contribution in [1.82, 2.24) is 4.90 Å². The molecule has 2 nitrogen and oxygen atoms in total. The van der Waals surface area contributed by atoms with Gasteiger partial charge in [0.05, 0.1) is 0 Å². The molecule has 2 aliphatic heterocycles. The molecule has 0 aromatic heterocycles. The van der Waals surface area contributed by atoms with Gasteiger partial charge >= 0.3 is 0 Å². The van der Waals surface area contributed by atoms with Gasteiger partial charge in [-0.1, -0.05) is 30.3 Å². The normalized spacial score (nSPS) is 17.5. The van der Waals surface area contributed by atoms with Gasteiger partial charge in [-0.15, -0.1) is 0 Å². The summed E-state index contributed by atoms with van der Waals surface area (Å²) in [6, 6.07) is 23.3. The summed E-state index contributed by atoms with van der Waals surface area (Å²) in [4.78, 5) is 2.51. The molecule has 0 amide bonds. The van der Waals surface area contributed by atoms with Gasteiger partial charge in [0.1, 0.15) is 0 Å². The van der Waals surface area contributed by atoms with E-state index in [9.17, 15) is 0 Å². The van der Waals surface area contributed by atoms with Gasteiger partial charge in [-0.3, -0.25) is 0 Å². The summed E-state index contributed by atoms with van der Waals surface area (Å²) in [6.45, 7) is 2.78. The van der Waals surface area contributed by atoms with Crippen LogP contribution in [-0.2, 0) is 4.74 Å². The molecule has 2 heteroatoms. The lowest BCUT2D eigenvalue weighted by Crippen LogP contribution is -2.42. The quantitative estimate of drug-likeness (QED) is 0.470. The smallest absolute Gasteiger partial charge is 0.0485 e. The highest BCUT2D eigenvalue weighted by atomic mass is 16.5. The van der Waals surface area contributed by atoms with Crippen molar-refractivity contribution in [3.63, 3.8) is 0 Å². The van der Waals surface area contributed by atoms with E-state index in [0.29, 0.717) is 6.04 Å². The van der Waals surface area contributed by atoms with E-state index in [1.807, 2.05) is 0 Å². The molecule has 0 atom stereocenters. The van der Waals surface area contributed by atoms with E-state index in [2.05, 4.69) is 77.8 Å². The molecule has 138 valence electrons. The second-order valence-corrected chi connectivity index (χ2v) is 8.10. The van der Waals surface area contributed by atoms with Gasteiger partial charge in [-0.05, 0) is 92.0 Å². The molecule has 0 spiro atoms. The third kappa shape index (κ3) is 2.68. The van der Waals surface area contributed by atoms with E-state index < -0.39 is 0 Å². The van der Waals surface area contributed by atoms with Crippen molar-refractivity contribution >= 4 is 44.6 Å². The van der Waals surface area contributed by atoms with Crippen LogP contribution in [0, 0.1) is 0 Å². The van der Waals surface area contributed by atoms with Crippen LogP contribution in [0.2, 0.25) is 0 Å². The number of rotatable bonds is 1. The van der Waals surface area contributed by atoms with Crippen molar-refractivity contribution in [2.75, 3.05) is 19.8 Å². The van der Waals surface area contributed by atoms with Crippen molar-refractivity contribution in [3.05, 3.63) is 71.1 Å². The summed E-state index contributed by atoms with van der Waals surface area (Å²) in [5.74, 6) is 0. The summed E-state index contributed by atoms with van der Waals surface area (Å²) in [5.41, 5.74) is 0. The Labute approximate surface area is 164 Å². The molecule has 0 saturated carbocycles. The van der Waals surface area contributed by atoms with Gasteiger partial charge in [-0.25, -0.2) is 0 Å². The predicted molar refractivity (Wildman–Crippen MR) is 118 cm³/mol. The predicted octanol–water partition coefficient (Wildman–Crippen LogP) is 4.16. The van der Waals surface area contributed by atoms with E-state index in [4.69, 9.17) is 4.74 Å². The Morgan fingerprint density at radius 2 is 1.25 bits per heavy atom. The minimum atomic E-state index is 0.608. The first-order valence-corrected chi connectivity index (χ1v) is 10.3. The van der Waals surface area contributed by atoms with Crippen molar-refractivity contribution in [1.29, 1.82) is 0 Å². The van der Waals surface area contributed by atoms with Gasteiger partial charge < -0.3 is 9.64 Å². The van der Waals surface area contributed by atoms with E-state index >= 15 is 0 Å². The molecule has 1 fully saturated rings. The molecular weight excluding hydrogens is 342 g/mol. The van der Waals surface area contributed by atoms with Crippen LogP contribution in [0.3, 0.4) is 0 Å². The zero-order valence-corrected chi connectivity index (χ0v) is 15.9. The van der Waals surface area contributed by atoms with Crippen LogP contribution in [0.15, 0.2) is 60.7 Å². The minimum absolute atomic E-state index is 0.608. The first-order chi connectivity index (χ1) is 13.8. The second kappa shape index (κ2) is 6.35. The highest BCUT2D eigenvalue weighted by Gasteiger charge is 2.19. The van der Waals surface area contributed by atoms with Crippen LogP contribution >= 0.6 is 0 Å². The lowest BCUT2D eigenvalue weighted by atomic mass is 9.98. The number of fused-ring (bicyclic) bond motifs is 4. The third-order valence-corrected chi connectivity index (χ3v) is 6.35. The monoisotopic (exact) mass is 365 g/mol. The summed E-state index contributed by atoms with van der Waals surface area (Å²) >= 11 is 0. The minimum Gasteiger partial charge on any atom is -0.381 e. The molecular formula is C26H23NO. The Morgan fingerprint density at radius 1 is 0.679 bits per heavy atom. The van der Waals surface area contributed by atoms with E-state index in [1.165, 1.54) is 42.8 Å². The van der Waals surface area contributed by atoms with Crippen LogP contribution in [0.1, 0.15) is 12.8 Å². The maximum absolute atomic E-state index is 5.54. The number of ether oxygens (including phenoxy) is 1. The maximum atomic E-state index is 5.54. The van der Waals surface area contributed by atoms with Gasteiger partial charge in [-0.2, -0.15) is 0 Å². The molecule has 2 heterocycles. The van der Waals surface area contributed by atoms with E-state index in [-0.39, 0.29) is 0 Å². The van der Waals surface area contributed by atoms with Gasteiger partial charge in [0, 0.05) is 32.0 Å². The van der Waals surface area contributed by atoms with E-state index in [1.54, 1.807) is 0 Å². The summed E-state index contributed by atoms with van der Waals surface area (Å²) in [7, 11) is 0. The average molecular weight is 365 g/mol. The number of hydrogen-bond donors (Lipinski definition) is 0. The summed E-state index contributed by atoms with van der Waals surface area (Å²) in [6.07, 6.45) is 7.01. The van der Waals surface area contributed by atoms with Gasteiger partial charge in [0.15, 0.2) is 0 Å². The fourth-order valence-corrected chi connectivity index (χ4v) is 4.77. The molecule has 0 aliphatic carbocycles. The number of benzene rings is 4. The average Bonchev–Trinajstić information content (AvgIpc) is 2.75. The number of nitrogens with zero attached hydrogens (tertiary/aromatic N) is 1. The standard InChI is InChI=1S/C26H23NO/c1-2-4-19-12-22-15-24-16-25-17-27(26-6-9-28-10-7-26)8-5-20(25)13-23(24)14-21(22)11-18(19)3-1/h1-5,11-17,26H,6-10H2. The van der Waals surface area contributed by atoms with Crippen molar-refractivity contribution < 1.29 is 4.74 Å². The molecule has 28 heavy (non-hydrogen) atoms. The molecule has 6 rings (SSSR count). The Balaban J connectivity index is 1.51. The van der Waals surface area contributed by atoms with Crippen LogP contribution in [0.5, 0.6) is 0 Å². The fourth-order valence-electron chi connectivity index (χ4n) is 4.77. The molecule has 0 unspecified atom stereocenters. The first-order valence-electron chi connectivity index (χ1n) is 10.3. The maximum Gasteiger partial charge on any atom is 0.0485 e. The largest absolute Gasteiger partial charge is 0.381 e. The van der Waals surface area contributed by atoms with Crippen LogP contribution < -0.4 is 10.4 Å².